The summed E-state index contributed by atoms with van der Waals surface area (Å²) in [5.41, 5.74) is 0. The van der Waals surface area contributed by atoms with Crippen molar-refractivity contribution in [1.29, 1.82) is 0 Å². The third-order valence-corrected chi connectivity index (χ3v) is 1.75. The number of carbonyl (C=O) groups excluding carboxylic acids is 1. The summed E-state index contributed by atoms with van der Waals surface area (Å²) in [7, 11) is 0. The summed E-state index contributed by atoms with van der Waals surface area (Å²) >= 11 is 0. The van der Waals surface area contributed by atoms with E-state index in [1.807, 2.05) is 0 Å². The van der Waals surface area contributed by atoms with Gasteiger partial charge >= 0.3 is 0 Å². The zero-order valence-corrected chi connectivity index (χ0v) is 6.47. The van der Waals surface area contributed by atoms with Gasteiger partial charge in [0.2, 0.25) is 5.91 Å². The van der Waals surface area contributed by atoms with Crippen molar-refractivity contribution in [2.75, 3.05) is 19.7 Å². The first kappa shape index (κ1) is 8.49. The van der Waals surface area contributed by atoms with Crippen molar-refractivity contribution in [3.63, 3.8) is 0 Å². The van der Waals surface area contributed by atoms with Crippen molar-refractivity contribution in [3.05, 3.63) is 0 Å². The topological polar surface area (TPSA) is 61.4 Å². The van der Waals surface area contributed by atoms with Crippen molar-refractivity contribution in [3.8, 4) is 0 Å². The molecule has 11 heavy (non-hydrogen) atoms. The number of hydrogen-bond acceptors (Lipinski definition) is 3. The van der Waals surface area contributed by atoms with E-state index in [2.05, 4.69) is 10.6 Å². The Labute approximate surface area is 66.0 Å². The molecule has 64 valence electrons. The molecule has 1 atom stereocenters. The molecule has 1 aliphatic rings. The monoisotopic (exact) mass is 158 g/mol. The molecule has 1 heterocycles. The van der Waals surface area contributed by atoms with Crippen LogP contribution in [0.15, 0.2) is 0 Å². The summed E-state index contributed by atoms with van der Waals surface area (Å²) in [6.45, 7) is 1.72. The van der Waals surface area contributed by atoms with E-state index < -0.39 is 0 Å². The minimum Gasteiger partial charge on any atom is -0.396 e. The van der Waals surface area contributed by atoms with E-state index in [4.69, 9.17) is 5.11 Å². The van der Waals surface area contributed by atoms with Crippen molar-refractivity contribution >= 4 is 5.91 Å². The lowest BCUT2D eigenvalue weighted by Gasteiger charge is -2.07. The Hall–Kier alpha value is -0.610. The lowest BCUT2D eigenvalue weighted by Crippen LogP contribution is -2.31. The number of rotatable bonds is 4. The average Bonchev–Trinajstić information content (AvgIpc) is 2.37. The van der Waals surface area contributed by atoms with Gasteiger partial charge in [-0.05, 0) is 13.0 Å². The molecule has 0 bridgehead atoms. The summed E-state index contributed by atoms with van der Waals surface area (Å²) in [6.07, 6.45) is 1.33. The van der Waals surface area contributed by atoms with Gasteiger partial charge in [-0.2, -0.15) is 0 Å². The Morgan fingerprint density at radius 3 is 3.09 bits per heavy atom. The molecule has 0 aliphatic carbocycles. The minimum atomic E-state index is 0.117. The van der Waals surface area contributed by atoms with Gasteiger partial charge in [0.05, 0.1) is 0 Å². The molecule has 1 saturated heterocycles. The van der Waals surface area contributed by atoms with Crippen LogP contribution in [-0.2, 0) is 4.79 Å². The fourth-order valence-corrected chi connectivity index (χ4v) is 1.13. The van der Waals surface area contributed by atoms with Gasteiger partial charge in [-0.1, -0.05) is 0 Å². The van der Waals surface area contributed by atoms with E-state index in [0.29, 0.717) is 6.42 Å². The van der Waals surface area contributed by atoms with Crippen LogP contribution in [0.2, 0.25) is 0 Å². The third kappa shape index (κ3) is 2.86. The van der Waals surface area contributed by atoms with Crippen LogP contribution < -0.4 is 10.6 Å². The fraction of sp³-hybridized carbons (Fsp3) is 0.857. The molecule has 0 spiro atoms. The van der Waals surface area contributed by atoms with Gasteiger partial charge in [0.25, 0.3) is 0 Å². The van der Waals surface area contributed by atoms with Crippen LogP contribution in [-0.4, -0.2) is 36.8 Å². The summed E-state index contributed by atoms with van der Waals surface area (Å²) in [4.78, 5) is 10.7. The molecular formula is C7H14N2O2. The zero-order chi connectivity index (χ0) is 8.10. The van der Waals surface area contributed by atoms with Crippen LogP contribution >= 0.6 is 0 Å². The van der Waals surface area contributed by atoms with Gasteiger partial charge in [0.1, 0.15) is 0 Å². The second-order valence-electron chi connectivity index (χ2n) is 2.74. The Morgan fingerprint density at radius 1 is 1.73 bits per heavy atom. The van der Waals surface area contributed by atoms with E-state index >= 15 is 0 Å². The second kappa shape index (κ2) is 4.31. The summed E-state index contributed by atoms with van der Waals surface area (Å²) in [5.74, 6) is 0.117. The zero-order valence-electron chi connectivity index (χ0n) is 6.47. The molecule has 1 fully saturated rings. The van der Waals surface area contributed by atoms with Crippen molar-refractivity contribution in [2.45, 2.75) is 18.9 Å². The molecule has 4 nitrogen and oxygen atoms in total. The molecule has 0 aromatic heterocycles. The average molecular weight is 158 g/mol. The highest BCUT2D eigenvalue weighted by Crippen LogP contribution is 1.98. The van der Waals surface area contributed by atoms with Crippen LogP contribution in [0.4, 0.5) is 0 Å². The maximum atomic E-state index is 10.7. The van der Waals surface area contributed by atoms with E-state index in [1.54, 1.807) is 0 Å². The molecule has 0 aromatic carbocycles. The Morgan fingerprint density at radius 2 is 2.55 bits per heavy atom. The predicted molar refractivity (Wildman–Crippen MR) is 41.1 cm³/mol. The van der Waals surface area contributed by atoms with Crippen LogP contribution in [0, 0.1) is 0 Å². The van der Waals surface area contributed by atoms with Crippen molar-refractivity contribution in [2.24, 2.45) is 0 Å². The van der Waals surface area contributed by atoms with Crippen LogP contribution in [0.3, 0.4) is 0 Å². The second-order valence-corrected chi connectivity index (χ2v) is 2.74. The number of amides is 1. The molecule has 0 saturated carbocycles. The van der Waals surface area contributed by atoms with Gasteiger partial charge in [-0.15, -0.1) is 0 Å². The first-order chi connectivity index (χ1) is 5.33. The molecule has 4 heteroatoms. The summed E-state index contributed by atoms with van der Waals surface area (Å²) in [5, 5.41) is 14.4. The molecule has 1 amide bonds. The van der Waals surface area contributed by atoms with Crippen LogP contribution in [0.5, 0.6) is 0 Å². The first-order valence-corrected chi connectivity index (χ1v) is 3.94. The number of hydrogen-bond donors (Lipinski definition) is 3. The Kier molecular flexibility index (Phi) is 3.32. The lowest BCUT2D eigenvalue weighted by molar-refractivity contribution is -0.119. The van der Waals surface area contributed by atoms with Gasteiger partial charge in [-0.3, -0.25) is 4.79 Å². The van der Waals surface area contributed by atoms with Gasteiger partial charge in [0, 0.05) is 25.6 Å². The standard InChI is InChI=1S/C7H14N2O2/c10-3-1-2-8-6-4-7(11)9-5-6/h6,8,10H,1-5H2,(H,9,11). The quantitative estimate of drug-likeness (QED) is 0.453. The molecule has 1 aliphatic heterocycles. The number of aliphatic hydroxyl groups excluding tert-OH is 1. The number of aliphatic hydroxyl groups is 1. The molecule has 3 N–H and O–H groups in total. The van der Waals surface area contributed by atoms with Crippen LogP contribution in [0.1, 0.15) is 12.8 Å². The van der Waals surface area contributed by atoms with Gasteiger partial charge in [0.15, 0.2) is 0 Å². The summed E-state index contributed by atoms with van der Waals surface area (Å²) in [6, 6.07) is 0.272. The lowest BCUT2D eigenvalue weighted by atomic mass is 10.2. The first-order valence-electron chi connectivity index (χ1n) is 3.94. The van der Waals surface area contributed by atoms with E-state index in [0.717, 1.165) is 19.5 Å². The maximum absolute atomic E-state index is 10.7. The van der Waals surface area contributed by atoms with Crippen LogP contribution in [0.25, 0.3) is 0 Å². The number of nitrogens with one attached hydrogen (secondary N) is 2. The number of carbonyl (C=O) groups is 1. The highest BCUT2D eigenvalue weighted by molar-refractivity contribution is 5.78. The third-order valence-electron chi connectivity index (χ3n) is 1.75. The summed E-state index contributed by atoms with van der Waals surface area (Å²) < 4.78 is 0. The largest absolute Gasteiger partial charge is 0.396 e. The van der Waals surface area contributed by atoms with E-state index in [1.165, 1.54) is 0 Å². The smallest absolute Gasteiger partial charge is 0.221 e. The SMILES string of the molecule is O=C1CC(NCCCO)CN1. The highest BCUT2D eigenvalue weighted by Gasteiger charge is 2.19. The van der Waals surface area contributed by atoms with Crippen molar-refractivity contribution in [1.82, 2.24) is 10.6 Å². The predicted octanol–water partition coefficient (Wildman–Crippen LogP) is -1.15. The molecule has 1 unspecified atom stereocenters. The maximum Gasteiger partial charge on any atom is 0.221 e. The molecular weight excluding hydrogens is 144 g/mol. The normalized spacial score (nSPS) is 23.7. The van der Waals surface area contributed by atoms with E-state index in [-0.39, 0.29) is 18.6 Å². The molecule has 0 aromatic rings. The van der Waals surface area contributed by atoms with Gasteiger partial charge in [-0.25, -0.2) is 0 Å². The Balaban J connectivity index is 2.04. The minimum absolute atomic E-state index is 0.117. The molecule has 1 rings (SSSR count). The fourth-order valence-electron chi connectivity index (χ4n) is 1.13. The van der Waals surface area contributed by atoms with E-state index in [9.17, 15) is 4.79 Å². The van der Waals surface area contributed by atoms with Gasteiger partial charge < -0.3 is 15.7 Å². The Bertz CT molecular complexity index is 138. The van der Waals surface area contributed by atoms with Crippen molar-refractivity contribution < 1.29 is 9.90 Å². The molecule has 0 radical (unpaired) electrons. The highest BCUT2D eigenvalue weighted by atomic mass is 16.3.